The molecule has 0 aliphatic rings. The number of rotatable bonds is 7. The molecule has 3 aromatic rings. The predicted octanol–water partition coefficient (Wildman–Crippen LogP) is 4.19. The average molecular weight is 421 g/mol. The van der Waals surface area contributed by atoms with Crippen LogP contribution in [0, 0.1) is 0 Å². The minimum absolute atomic E-state index is 0.414. The summed E-state index contributed by atoms with van der Waals surface area (Å²) in [6.45, 7) is 1.48. The van der Waals surface area contributed by atoms with E-state index in [1.54, 1.807) is 18.2 Å². The van der Waals surface area contributed by atoms with E-state index >= 15 is 0 Å². The number of nitrogens with one attached hydrogen (secondary N) is 2. The van der Waals surface area contributed by atoms with Crippen LogP contribution in [0.5, 0.6) is 0 Å². The quantitative estimate of drug-likeness (QED) is 0.501. The number of para-hydroxylation sites is 1. The molecule has 0 unspecified atom stereocenters. The number of hydrogen-bond acceptors (Lipinski definition) is 4. The average Bonchev–Trinajstić information content (AvgIpc) is 2.78. The monoisotopic (exact) mass is 420 g/mol. The van der Waals surface area contributed by atoms with Gasteiger partial charge in [-0.25, -0.2) is 0 Å². The molecule has 3 rings (SSSR count). The van der Waals surface area contributed by atoms with Gasteiger partial charge in [0.15, 0.2) is 0 Å². The highest BCUT2D eigenvalue weighted by molar-refractivity contribution is 7.98. The van der Waals surface area contributed by atoms with E-state index in [4.69, 9.17) is 0 Å². The Balaban J connectivity index is 1.71. The minimum atomic E-state index is -1.08. The molecule has 0 aliphatic carbocycles. The third-order valence-electron chi connectivity index (χ3n) is 4.67. The first-order chi connectivity index (χ1) is 14.5. The van der Waals surface area contributed by atoms with Gasteiger partial charge in [-0.15, -0.1) is 11.8 Å². The summed E-state index contributed by atoms with van der Waals surface area (Å²) in [5.41, 5.74) is 3.10. The Bertz CT molecular complexity index is 1000. The topological polar surface area (TPSA) is 78.4 Å². The normalized spacial score (nSPS) is 12.6. The molecule has 6 heteroatoms. The van der Waals surface area contributed by atoms with Gasteiger partial charge in [-0.3, -0.25) is 9.59 Å². The van der Waals surface area contributed by atoms with Gasteiger partial charge in [0.1, 0.15) is 6.04 Å². The van der Waals surface area contributed by atoms with Crippen molar-refractivity contribution in [3.05, 3.63) is 84.4 Å². The molecule has 154 valence electrons. The van der Waals surface area contributed by atoms with Crippen LogP contribution in [0.4, 0.5) is 5.69 Å². The number of carbonyl (C=O) groups excluding carboxylic acids is 2. The van der Waals surface area contributed by atoms with Crippen LogP contribution in [0.2, 0.25) is 0 Å². The molecule has 0 heterocycles. The van der Waals surface area contributed by atoms with Gasteiger partial charge >= 0.3 is 0 Å². The summed E-state index contributed by atoms with van der Waals surface area (Å²) in [6.07, 6.45) is 0.858. The van der Waals surface area contributed by atoms with E-state index in [2.05, 4.69) is 10.6 Å². The Morgan fingerprint density at radius 3 is 2.10 bits per heavy atom. The Morgan fingerprint density at radius 2 is 1.47 bits per heavy atom. The maximum atomic E-state index is 12.7. The van der Waals surface area contributed by atoms with Gasteiger partial charge in [-0.1, -0.05) is 54.6 Å². The van der Waals surface area contributed by atoms with Crippen LogP contribution in [0.1, 0.15) is 17.3 Å². The van der Waals surface area contributed by atoms with Crippen LogP contribution in [-0.2, 0) is 4.79 Å². The van der Waals surface area contributed by atoms with Gasteiger partial charge in [-0.05, 0) is 48.6 Å². The molecule has 0 bridgehead atoms. The molecule has 3 aromatic carbocycles. The van der Waals surface area contributed by atoms with Crippen LogP contribution in [0.25, 0.3) is 11.1 Å². The van der Waals surface area contributed by atoms with Crippen molar-refractivity contribution in [3.8, 4) is 11.1 Å². The maximum Gasteiger partial charge on any atom is 0.252 e. The second-order valence-electron chi connectivity index (χ2n) is 6.82. The van der Waals surface area contributed by atoms with E-state index in [1.165, 1.54) is 18.7 Å². The summed E-state index contributed by atoms with van der Waals surface area (Å²) in [5.74, 6) is -0.894. The van der Waals surface area contributed by atoms with Crippen molar-refractivity contribution in [2.24, 2.45) is 0 Å². The SMILES string of the molecule is CSc1ccccc1NC(=O)[C@@H](NC(=O)c1ccc(-c2ccccc2)cc1)[C@@H](C)O. The second-order valence-corrected chi connectivity index (χ2v) is 7.67. The molecule has 3 N–H and O–H groups in total. The Hall–Kier alpha value is -3.09. The lowest BCUT2D eigenvalue weighted by atomic mass is 10.0. The van der Waals surface area contributed by atoms with Crippen molar-refractivity contribution in [3.63, 3.8) is 0 Å². The summed E-state index contributed by atoms with van der Waals surface area (Å²) in [4.78, 5) is 26.3. The number of thioether (sulfide) groups is 1. The molecule has 0 fully saturated rings. The molecular formula is C24H24N2O3S. The van der Waals surface area contributed by atoms with Gasteiger partial charge in [-0.2, -0.15) is 0 Å². The Morgan fingerprint density at radius 1 is 0.867 bits per heavy atom. The highest BCUT2D eigenvalue weighted by Gasteiger charge is 2.26. The first-order valence-corrected chi connectivity index (χ1v) is 10.8. The predicted molar refractivity (Wildman–Crippen MR) is 122 cm³/mol. The largest absolute Gasteiger partial charge is 0.391 e. The van der Waals surface area contributed by atoms with Crippen LogP contribution in [-0.4, -0.2) is 35.3 Å². The summed E-state index contributed by atoms with van der Waals surface area (Å²) in [5, 5.41) is 15.5. The fourth-order valence-electron chi connectivity index (χ4n) is 3.03. The number of benzene rings is 3. The summed E-state index contributed by atoms with van der Waals surface area (Å²) < 4.78 is 0. The van der Waals surface area contributed by atoms with Crippen LogP contribution in [0.3, 0.4) is 0 Å². The molecule has 0 aromatic heterocycles. The van der Waals surface area contributed by atoms with Crippen molar-refractivity contribution < 1.29 is 14.7 Å². The molecule has 2 atom stereocenters. The summed E-state index contributed by atoms with van der Waals surface area (Å²) in [6, 6.07) is 23.3. The molecule has 0 aliphatic heterocycles. The van der Waals surface area contributed by atoms with E-state index in [0.717, 1.165) is 16.0 Å². The highest BCUT2D eigenvalue weighted by atomic mass is 32.2. The molecule has 2 amide bonds. The van der Waals surface area contributed by atoms with E-state index in [9.17, 15) is 14.7 Å². The third-order valence-corrected chi connectivity index (χ3v) is 5.47. The summed E-state index contributed by atoms with van der Waals surface area (Å²) in [7, 11) is 0. The summed E-state index contributed by atoms with van der Waals surface area (Å²) >= 11 is 1.50. The molecule has 5 nitrogen and oxygen atoms in total. The van der Waals surface area contributed by atoms with Crippen LogP contribution < -0.4 is 10.6 Å². The Kier molecular flexibility index (Phi) is 7.27. The molecule has 0 spiro atoms. The van der Waals surface area contributed by atoms with E-state index in [0.29, 0.717) is 11.3 Å². The minimum Gasteiger partial charge on any atom is -0.391 e. The zero-order valence-electron chi connectivity index (χ0n) is 16.8. The van der Waals surface area contributed by atoms with Crippen molar-refractivity contribution in [1.82, 2.24) is 5.32 Å². The number of anilines is 1. The molecule has 0 saturated heterocycles. The van der Waals surface area contributed by atoms with Gasteiger partial charge in [0, 0.05) is 10.5 Å². The number of amides is 2. The van der Waals surface area contributed by atoms with Crippen molar-refractivity contribution >= 4 is 29.3 Å². The maximum absolute atomic E-state index is 12.7. The Labute approximate surface area is 180 Å². The van der Waals surface area contributed by atoms with Crippen molar-refractivity contribution in [1.29, 1.82) is 0 Å². The van der Waals surface area contributed by atoms with E-state index in [1.807, 2.05) is 66.9 Å². The number of carbonyl (C=O) groups is 2. The van der Waals surface area contributed by atoms with Crippen LogP contribution >= 0.6 is 11.8 Å². The molecule has 0 radical (unpaired) electrons. The van der Waals surface area contributed by atoms with Gasteiger partial charge in [0.2, 0.25) is 5.91 Å². The highest BCUT2D eigenvalue weighted by Crippen LogP contribution is 2.25. The van der Waals surface area contributed by atoms with Crippen molar-refractivity contribution in [2.45, 2.75) is 24.0 Å². The fourth-order valence-corrected chi connectivity index (χ4v) is 3.59. The van der Waals surface area contributed by atoms with E-state index < -0.39 is 24.0 Å². The lowest BCUT2D eigenvalue weighted by molar-refractivity contribution is -0.120. The van der Waals surface area contributed by atoms with Gasteiger partial charge in [0.05, 0.1) is 11.8 Å². The molecule has 0 saturated carbocycles. The van der Waals surface area contributed by atoms with Crippen molar-refractivity contribution in [2.75, 3.05) is 11.6 Å². The first kappa shape index (κ1) is 21.6. The standard InChI is InChI=1S/C24H24N2O3S/c1-16(27)22(24(29)25-20-10-6-7-11-21(20)30-2)26-23(28)19-14-12-18(13-15-19)17-8-4-3-5-9-17/h3-16,22,27H,1-2H3,(H,25,29)(H,26,28)/t16-,22+/m1/s1. The van der Waals surface area contributed by atoms with Crippen LogP contribution in [0.15, 0.2) is 83.8 Å². The first-order valence-electron chi connectivity index (χ1n) is 9.58. The zero-order valence-corrected chi connectivity index (χ0v) is 17.6. The van der Waals surface area contributed by atoms with E-state index in [-0.39, 0.29) is 0 Å². The molecular weight excluding hydrogens is 396 g/mol. The number of hydrogen-bond donors (Lipinski definition) is 3. The number of aliphatic hydroxyl groups is 1. The fraction of sp³-hybridized carbons (Fsp3) is 0.167. The smallest absolute Gasteiger partial charge is 0.252 e. The third kappa shape index (κ3) is 5.28. The second kappa shape index (κ2) is 10.1. The number of aliphatic hydroxyl groups excluding tert-OH is 1. The molecule has 30 heavy (non-hydrogen) atoms. The van der Waals surface area contributed by atoms with Gasteiger partial charge in [0.25, 0.3) is 5.91 Å². The van der Waals surface area contributed by atoms with Gasteiger partial charge < -0.3 is 15.7 Å². The lowest BCUT2D eigenvalue weighted by Crippen LogP contribution is -2.50. The lowest BCUT2D eigenvalue weighted by Gasteiger charge is -2.21. The zero-order chi connectivity index (χ0) is 21.5.